The van der Waals surface area contributed by atoms with Crippen molar-refractivity contribution in [3.05, 3.63) is 541 Å². The number of para-hydroxylation sites is 4. The van der Waals surface area contributed by atoms with Crippen molar-refractivity contribution in [2.24, 2.45) is 0 Å². The first-order valence-electron chi connectivity index (χ1n) is 46.2. The summed E-state index contributed by atoms with van der Waals surface area (Å²) < 4.78 is 4.91. The van der Waals surface area contributed by atoms with Gasteiger partial charge >= 0.3 is 0 Å². The molecule has 27 rings (SSSR count). The molecule has 4 aliphatic carbocycles. The lowest BCUT2D eigenvalue weighted by atomic mass is 9.87. The summed E-state index contributed by atoms with van der Waals surface area (Å²) in [6.07, 6.45) is 2.83. The van der Waals surface area contributed by atoms with Crippen molar-refractivity contribution in [3.8, 4) is 156 Å². The average molecular weight is 1680 g/mol. The van der Waals surface area contributed by atoms with Crippen LogP contribution in [0.25, 0.3) is 200 Å². The molecule has 0 saturated carbocycles. The molecule has 0 N–H and O–H groups in total. The van der Waals surface area contributed by atoms with E-state index in [4.69, 9.17) is 0 Å². The van der Waals surface area contributed by atoms with Gasteiger partial charge in [-0.15, -0.1) is 0 Å². The number of hydrogen-bond acceptors (Lipinski definition) is 0. The molecule has 0 unspecified atom stereocenters. The fourth-order valence-electron chi connectivity index (χ4n) is 21.9. The van der Waals surface area contributed by atoms with Crippen LogP contribution in [0.3, 0.4) is 0 Å². The largest absolute Gasteiger partial charge is 0.309 e. The molecule has 0 saturated heterocycles. The maximum absolute atomic E-state index is 2.47. The van der Waals surface area contributed by atoms with Crippen LogP contribution in [0.1, 0.15) is 56.0 Å². The Labute approximate surface area is 769 Å². The van der Waals surface area contributed by atoms with Crippen LogP contribution < -0.4 is 0 Å². The highest BCUT2D eigenvalue weighted by molar-refractivity contribution is 6.11. The highest BCUT2D eigenvalue weighted by Crippen LogP contribution is 2.53. The van der Waals surface area contributed by atoms with Crippen molar-refractivity contribution in [1.82, 2.24) is 9.13 Å². The van der Waals surface area contributed by atoms with E-state index in [9.17, 15) is 0 Å². The fraction of sp³-hybridized carbons (Fsp3) is 0.0308. The molecule has 21 aromatic carbocycles. The molecule has 618 valence electrons. The number of fused-ring (bicyclic) bond motifs is 18. The van der Waals surface area contributed by atoms with Crippen LogP contribution in [0.4, 0.5) is 0 Å². The molecule has 2 nitrogen and oxygen atoms in total. The first kappa shape index (κ1) is 77.6. The Bertz CT molecular complexity index is 8280. The second-order valence-electron chi connectivity index (χ2n) is 35.5. The molecule has 4 aliphatic rings. The van der Waals surface area contributed by atoms with E-state index in [2.05, 4.69) is 501 Å². The minimum atomic E-state index is 0.268. The highest BCUT2D eigenvalue weighted by Gasteiger charge is 2.33. The number of nitrogens with zero attached hydrogens (tertiary/aromatic N) is 2. The van der Waals surface area contributed by atoms with Gasteiger partial charge in [-0.2, -0.15) is 0 Å². The van der Waals surface area contributed by atoms with E-state index in [1.54, 1.807) is 0 Å². The molecule has 23 aromatic rings. The van der Waals surface area contributed by atoms with Gasteiger partial charge in [0.1, 0.15) is 0 Å². The molecule has 0 aliphatic heterocycles. The van der Waals surface area contributed by atoms with Gasteiger partial charge in [-0.05, 0) is 274 Å². The van der Waals surface area contributed by atoms with Gasteiger partial charge in [0.05, 0.1) is 27.8 Å². The van der Waals surface area contributed by atoms with E-state index in [1.165, 1.54) is 250 Å². The molecule has 0 fully saturated rings. The molecular weight excluding hydrogens is 1590 g/mol. The van der Waals surface area contributed by atoms with Gasteiger partial charge in [0.25, 0.3) is 0 Å². The van der Waals surface area contributed by atoms with Gasteiger partial charge in [0, 0.05) is 39.6 Å². The average Bonchev–Trinajstić information content (AvgIpc) is 1.56. The van der Waals surface area contributed by atoms with E-state index >= 15 is 0 Å². The monoisotopic (exact) mass is 1680 g/mol. The van der Waals surface area contributed by atoms with Crippen molar-refractivity contribution in [1.29, 1.82) is 0 Å². The van der Waals surface area contributed by atoms with E-state index in [1.807, 2.05) is 0 Å². The van der Waals surface area contributed by atoms with Crippen LogP contribution >= 0.6 is 0 Å². The van der Waals surface area contributed by atoms with Gasteiger partial charge in [-0.25, -0.2) is 0 Å². The predicted octanol–water partition coefficient (Wildman–Crippen LogP) is 34.1. The molecular formula is C130H88N2. The Hall–Kier alpha value is -16.8. The topological polar surface area (TPSA) is 9.86 Å². The molecule has 0 bridgehead atoms. The normalized spacial score (nSPS) is 12.3. The Morgan fingerprint density at radius 3 is 0.932 bits per heavy atom. The lowest BCUT2D eigenvalue weighted by Crippen LogP contribution is -1.99. The van der Waals surface area contributed by atoms with E-state index in [0.717, 1.165) is 19.3 Å². The van der Waals surface area contributed by atoms with Crippen molar-refractivity contribution in [2.45, 2.75) is 25.2 Å². The van der Waals surface area contributed by atoms with Crippen LogP contribution in [-0.2, 0) is 19.3 Å². The van der Waals surface area contributed by atoms with E-state index in [0.29, 0.717) is 0 Å². The van der Waals surface area contributed by atoms with Crippen molar-refractivity contribution in [2.75, 3.05) is 0 Å². The second kappa shape index (κ2) is 32.8. The summed E-state index contributed by atoms with van der Waals surface area (Å²) in [7, 11) is 0. The Kier molecular flexibility index (Phi) is 19.3. The van der Waals surface area contributed by atoms with Crippen LogP contribution in [0, 0.1) is 0 Å². The molecule has 132 heavy (non-hydrogen) atoms. The smallest absolute Gasteiger partial charge is 0.0541 e. The lowest BCUT2D eigenvalue weighted by molar-refractivity contribution is 1.01. The molecule has 0 radical (unpaired) electrons. The van der Waals surface area contributed by atoms with Gasteiger partial charge in [0.2, 0.25) is 0 Å². The number of hydrogen-bond donors (Lipinski definition) is 0. The van der Waals surface area contributed by atoms with Crippen LogP contribution in [-0.4, -0.2) is 9.13 Å². The first-order valence-corrected chi connectivity index (χ1v) is 46.2. The molecule has 0 atom stereocenters. The van der Waals surface area contributed by atoms with Gasteiger partial charge in [-0.1, -0.05) is 425 Å². The molecule has 2 aromatic heterocycles. The predicted molar refractivity (Wildman–Crippen MR) is 554 cm³/mol. The summed E-state index contributed by atoms with van der Waals surface area (Å²) in [6.45, 7) is 0. The summed E-state index contributed by atoms with van der Waals surface area (Å²) in [6, 6.07) is 180. The van der Waals surface area contributed by atoms with Crippen molar-refractivity contribution >= 4 is 43.6 Å². The van der Waals surface area contributed by atoms with Gasteiger partial charge in [-0.3, -0.25) is 0 Å². The van der Waals surface area contributed by atoms with Crippen molar-refractivity contribution < 1.29 is 0 Å². The number of rotatable bonds is 12. The maximum Gasteiger partial charge on any atom is 0.0541 e. The lowest BCUT2D eigenvalue weighted by Gasteiger charge is -2.16. The quantitative estimate of drug-likeness (QED) is 0.115. The fourth-order valence-corrected chi connectivity index (χ4v) is 21.9. The Morgan fingerprint density at radius 1 is 0.159 bits per heavy atom. The number of benzene rings is 21. The third-order valence-corrected chi connectivity index (χ3v) is 28.2. The summed E-state index contributed by atoms with van der Waals surface area (Å²) in [4.78, 5) is 0. The molecule has 0 spiro atoms. The standard InChI is InChI=1S/C44H30.2C43H29N/c1-2-10-29(11-3-1)30-20-22-31(23-21-30)32-12-8-13-33(26-32)36-18-9-19-39-42-28-35(25-24-34(42)27-43(36)39)44-40-16-6-4-14-37(40)38-15-5-7-17-41(38)44;1-2-11-29(12-3-1)30-23-25-31(26-24-30)32-13-8-14-33(27-32)34-17-9-18-35-36-19-10-22-43(40(36)28-39(34)35)44-41-20-6-4-15-37(41)38-16-5-7-21-42(38)44;1-2-11-29(12-3-1)30-21-23-31(24-22-30)32-14-10-15-33(25-32)39-27-35(28-41-36-16-5-4-13-34(36)26-40(39)41)44-42-19-8-6-17-37(42)38-18-7-9-20-43(38)44/h1-26,28,44H,27H2;1-27H,28H2;1-25,27-28H,26H2. The first-order chi connectivity index (χ1) is 65.5. The third-order valence-electron chi connectivity index (χ3n) is 28.2. The van der Waals surface area contributed by atoms with Crippen LogP contribution in [0.15, 0.2) is 491 Å². The zero-order chi connectivity index (χ0) is 87.1. The summed E-state index contributed by atoms with van der Waals surface area (Å²) in [5.41, 5.74) is 53.6. The molecule has 2 heterocycles. The van der Waals surface area contributed by atoms with Gasteiger partial charge < -0.3 is 9.13 Å². The summed E-state index contributed by atoms with van der Waals surface area (Å²) >= 11 is 0. The maximum atomic E-state index is 2.47. The summed E-state index contributed by atoms with van der Waals surface area (Å²) in [5, 5.41) is 5.16. The van der Waals surface area contributed by atoms with E-state index in [-0.39, 0.29) is 5.92 Å². The molecule has 0 amide bonds. The SMILES string of the molecule is c1ccc(-c2ccc(-c3cccc(-c4cc(-n5c6ccccc6c6ccccc65)cc5c4Cc4ccccc4-5)c3)cc2)cc1.c1ccc(-c2ccc(-c3cccc(-c4cccc5c4Cc4c-5cccc4-n4c5ccccc5c5ccccc54)c3)cc2)cc1.c1ccc(-c2ccc(-c3cccc(-c4cccc5c4Cc4ccc(C6c7ccccc7-c7ccccc76)cc4-5)c3)cc2)cc1. The Morgan fingerprint density at radius 2 is 0.462 bits per heavy atom. The second-order valence-corrected chi connectivity index (χ2v) is 35.5. The summed E-state index contributed by atoms with van der Waals surface area (Å²) in [5.74, 6) is 0.268. The Balaban J connectivity index is 0.000000106. The minimum Gasteiger partial charge on any atom is -0.309 e. The highest BCUT2D eigenvalue weighted by atomic mass is 15.0. The van der Waals surface area contributed by atoms with Crippen LogP contribution in [0.5, 0.6) is 0 Å². The van der Waals surface area contributed by atoms with Crippen LogP contribution in [0.2, 0.25) is 0 Å². The minimum absolute atomic E-state index is 0.268. The van der Waals surface area contributed by atoms with E-state index < -0.39 is 0 Å². The van der Waals surface area contributed by atoms with Gasteiger partial charge in [0.15, 0.2) is 0 Å². The zero-order valence-corrected chi connectivity index (χ0v) is 72.9. The third kappa shape index (κ3) is 13.6. The molecule has 2 heteroatoms. The van der Waals surface area contributed by atoms with Crippen molar-refractivity contribution in [3.63, 3.8) is 0 Å². The number of aromatic nitrogens is 2. The zero-order valence-electron chi connectivity index (χ0n) is 72.9.